The quantitative estimate of drug-likeness (QED) is 0.547. The molecule has 1 aliphatic heterocycles. The third kappa shape index (κ3) is 0.784. The van der Waals surface area contributed by atoms with Gasteiger partial charge in [0, 0.05) is 11.4 Å². The van der Waals surface area contributed by atoms with Crippen molar-refractivity contribution in [3.05, 3.63) is 0 Å². The van der Waals surface area contributed by atoms with Gasteiger partial charge in [0.25, 0.3) is 0 Å². The van der Waals surface area contributed by atoms with Gasteiger partial charge in [0.1, 0.15) is 0 Å². The Morgan fingerprint density at radius 1 is 1.18 bits per heavy atom. The van der Waals surface area contributed by atoms with Crippen molar-refractivity contribution in [3.63, 3.8) is 0 Å². The van der Waals surface area contributed by atoms with Crippen LogP contribution >= 0.6 is 0 Å². The molecule has 1 saturated carbocycles. The van der Waals surface area contributed by atoms with Gasteiger partial charge in [-0.25, -0.2) is 0 Å². The number of hydrogen-bond donors (Lipinski definition) is 0. The first-order valence-corrected chi connectivity index (χ1v) is 4.25. The molecule has 0 radical (unpaired) electrons. The molecule has 0 unspecified atom stereocenters. The van der Waals surface area contributed by atoms with Gasteiger partial charge in [0.05, 0.1) is 5.41 Å². The van der Waals surface area contributed by atoms with Crippen molar-refractivity contribution in [2.75, 3.05) is 0 Å². The van der Waals surface area contributed by atoms with Gasteiger partial charge < -0.3 is 0 Å². The Bertz CT molecular complexity index is 228. The highest BCUT2D eigenvalue weighted by atomic mass is 15.2. The lowest BCUT2D eigenvalue weighted by atomic mass is 9.77. The van der Waals surface area contributed by atoms with Crippen LogP contribution in [0.2, 0.25) is 0 Å². The molecular weight excluding hydrogens is 136 g/mol. The molecule has 11 heavy (non-hydrogen) atoms. The minimum absolute atomic E-state index is 0.222. The summed E-state index contributed by atoms with van der Waals surface area (Å²) in [6, 6.07) is 0. The van der Waals surface area contributed by atoms with E-state index in [0.29, 0.717) is 0 Å². The van der Waals surface area contributed by atoms with Gasteiger partial charge in [-0.15, -0.1) is 0 Å². The second-order valence-electron chi connectivity index (χ2n) is 3.85. The van der Waals surface area contributed by atoms with Crippen LogP contribution in [0.15, 0.2) is 10.2 Å². The molecule has 0 atom stereocenters. The molecule has 0 aromatic heterocycles. The first kappa shape index (κ1) is 7.01. The Kier molecular flexibility index (Phi) is 1.23. The SMILES string of the molecule is CC1=NN=C(C)C1(C)C1CC1. The molecule has 60 valence electrons. The fourth-order valence-electron chi connectivity index (χ4n) is 1.87. The van der Waals surface area contributed by atoms with Crippen molar-refractivity contribution < 1.29 is 0 Å². The van der Waals surface area contributed by atoms with E-state index in [1.54, 1.807) is 0 Å². The first-order chi connectivity index (χ1) is 5.15. The zero-order chi connectivity index (χ0) is 8.06. The average Bonchev–Trinajstić information content (AvgIpc) is 2.76. The van der Waals surface area contributed by atoms with E-state index in [4.69, 9.17) is 0 Å². The molecule has 0 bridgehead atoms. The minimum atomic E-state index is 0.222. The third-order valence-corrected chi connectivity index (χ3v) is 3.25. The predicted octanol–water partition coefficient (Wildman–Crippen LogP) is 2.25. The number of rotatable bonds is 1. The summed E-state index contributed by atoms with van der Waals surface area (Å²) in [7, 11) is 0. The van der Waals surface area contributed by atoms with Crippen molar-refractivity contribution in [1.29, 1.82) is 0 Å². The molecule has 2 rings (SSSR count). The molecule has 0 amide bonds. The van der Waals surface area contributed by atoms with Gasteiger partial charge in [-0.05, 0) is 39.5 Å². The van der Waals surface area contributed by atoms with E-state index in [-0.39, 0.29) is 5.41 Å². The van der Waals surface area contributed by atoms with E-state index in [1.807, 2.05) is 0 Å². The Hall–Kier alpha value is -0.660. The van der Waals surface area contributed by atoms with Crippen LogP contribution in [0.25, 0.3) is 0 Å². The molecule has 1 heterocycles. The Balaban J connectivity index is 2.34. The summed E-state index contributed by atoms with van der Waals surface area (Å²) in [5, 5.41) is 8.27. The van der Waals surface area contributed by atoms with E-state index in [9.17, 15) is 0 Å². The fraction of sp³-hybridized carbons (Fsp3) is 0.778. The van der Waals surface area contributed by atoms with Crippen LogP contribution in [-0.2, 0) is 0 Å². The lowest BCUT2D eigenvalue weighted by Crippen LogP contribution is -2.32. The predicted molar refractivity (Wildman–Crippen MR) is 47.0 cm³/mol. The third-order valence-electron chi connectivity index (χ3n) is 3.25. The van der Waals surface area contributed by atoms with Crippen molar-refractivity contribution in [3.8, 4) is 0 Å². The van der Waals surface area contributed by atoms with Crippen LogP contribution in [0.4, 0.5) is 0 Å². The molecule has 2 heteroatoms. The summed E-state index contributed by atoms with van der Waals surface area (Å²) in [4.78, 5) is 0. The zero-order valence-electron chi connectivity index (χ0n) is 7.39. The maximum absolute atomic E-state index is 4.14. The molecule has 0 aromatic carbocycles. The van der Waals surface area contributed by atoms with Crippen LogP contribution in [0.1, 0.15) is 33.6 Å². The second-order valence-corrected chi connectivity index (χ2v) is 3.85. The molecule has 0 saturated heterocycles. The van der Waals surface area contributed by atoms with E-state index in [2.05, 4.69) is 31.0 Å². The molecule has 2 nitrogen and oxygen atoms in total. The molecule has 0 N–H and O–H groups in total. The topological polar surface area (TPSA) is 24.7 Å². The van der Waals surface area contributed by atoms with Crippen molar-refractivity contribution in [2.24, 2.45) is 21.5 Å². The number of hydrogen-bond acceptors (Lipinski definition) is 2. The average molecular weight is 150 g/mol. The Morgan fingerprint density at radius 3 is 2.00 bits per heavy atom. The van der Waals surface area contributed by atoms with E-state index >= 15 is 0 Å². The van der Waals surface area contributed by atoms with Crippen molar-refractivity contribution in [1.82, 2.24) is 0 Å². The Labute approximate surface area is 67.4 Å². The minimum Gasteiger partial charge on any atom is -0.159 e. The number of nitrogens with zero attached hydrogens (tertiary/aromatic N) is 2. The maximum Gasteiger partial charge on any atom is 0.0501 e. The van der Waals surface area contributed by atoms with Gasteiger partial charge in [0.15, 0.2) is 0 Å². The van der Waals surface area contributed by atoms with E-state index < -0.39 is 0 Å². The van der Waals surface area contributed by atoms with Crippen molar-refractivity contribution in [2.45, 2.75) is 33.6 Å². The zero-order valence-corrected chi connectivity index (χ0v) is 7.39. The Morgan fingerprint density at radius 2 is 1.64 bits per heavy atom. The van der Waals surface area contributed by atoms with E-state index in [0.717, 1.165) is 5.92 Å². The van der Waals surface area contributed by atoms with E-state index in [1.165, 1.54) is 24.3 Å². The maximum atomic E-state index is 4.14. The first-order valence-electron chi connectivity index (χ1n) is 4.25. The second kappa shape index (κ2) is 1.93. The normalized spacial score (nSPS) is 28.3. The lowest BCUT2D eigenvalue weighted by Gasteiger charge is -2.23. The lowest BCUT2D eigenvalue weighted by molar-refractivity contribution is 0.556. The van der Waals surface area contributed by atoms with Gasteiger partial charge >= 0.3 is 0 Å². The summed E-state index contributed by atoms with van der Waals surface area (Å²) in [5.74, 6) is 0.831. The van der Waals surface area contributed by atoms with Crippen LogP contribution in [0.5, 0.6) is 0 Å². The molecule has 0 spiro atoms. The standard InChI is InChI=1S/C9H14N2/c1-6-9(3,8-4-5-8)7(2)11-10-6/h8H,4-5H2,1-3H3. The van der Waals surface area contributed by atoms with Crippen LogP contribution in [0.3, 0.4) is 0 Å². The molecule has 0 aromatic rings. The van der Waals surface area contributed by atoms with Gasteiger partial charge in [-0.1, -0.05) is 0 Å². The highest BCUT2D eigenvalue weighted by Gasteiger charge is 2.47. The summed E-state index contributed by atoms with van der Waals surface area (Å²) in [6.45, 7) is 6.46. The highest BCUT2D eigenvalue weighted by molar-refractivity contribution is 6.12. The summed E-state index contributed by atoms with van der Waals surface area (Å²) >= 11 is 0. The molecular formula is C9H14N2. The summed E-state index contributed by atoms with van der Waals surface area (Å²) in [6.07, 6.45) is 2.71. The van der Waals surface area contributed by atoms with Gasteiger partial charge in [-0.2, -0.15) is 10.2 Å². The van der Waals surface area contributed by atoms with Gasteiger partial charge in [-0.3, -0.25) is 0 Å². The summed E-state index contributed by atoms with van der Waals surface area (Å²) < 4.78 is 0. The van der Waals surface area contributed by atoms with Crippen LogP contribution < -0.4 is 0 Å². The van der Waals surface area contributed by atoms with Crippen LogP contribution in [0, 0.1) is 11.3 Å². The summed E-state index contributed by atoms with van der Waals surface area (Å²) in [5.41, 5.74) is 2.63. The molecule has 1 aliphatic carbocycles. The highest BCUT2D eigenvalue weighted by Crippen LogP contribution is 2.48. The monoisotopic (exact) mass is 150 g/mol. The smallest absolute Gasteiger partial charge is 0.0501 e. The van der Waals surface area contributed by atoms with Crippen molar-refractivity contribution >= 4 is 11.4 Å². The van der Waals surface area contributed by atoms with Crippen LogP contribution in [-0.4, -0.2) is 11.4 Å². The molecule has 1 fully saturated rings. The van der Waals surface area contributed by atoms with Gasteiger partial charge in [0.2, 0.25) is 0 Å². The largest absolute Gasteiger partial charge is 0.159 e. The molecule has 2 aliphatic rings. The fourth-order valence-corrected chi connectivity index (χ4v) is 1.87.